The topological polar surface area (TPSA) is 62.6 Å². The van der Waals surface area contributed by atoms with Crippen molar-refractivity contribution in [3.8, 4) is 22.9 Å². The van der Waals surface area contributed by atoms with E-state index in [4.69, 9.17) is 4.74 Å². The van der Waals surface area contributed by atoms with Crippen LogP contribution in [0.15, 0.2) is 42.5 Å². The van der Waals surface area contributed by atoms with Crippen LogP contribution in [0, 0.1) is 0 Å². The molecule has 1 aliphatic heterocycles. The first-order valence-corrected chi connectivity index (χ1v) is 10.4. The third-order valence-corrected chi connectivity index (χ3v) is 5.62. The number of alkyl halides is 5. The van der Waals surface area contributed by atoms with Gasteiger partial charge in [0.15, 0.2) is 23.0 Å². The Hall–Kier alpha value is -3.63. The van der Waals surface area contributed by atoms with Crippen LogP contribution in [0.2, 0.25) is 0 Å². The summed E-state index contributed by atoms with van der Waals surface area (Å²) < 4.78 is 82.9. The van der Waals surface area contributed by atoms with Crippen molar-refractivity contribution in [2.45, 2.75) is 44.8 Å². The summed E-state index contributed by atoms with van der Waals surface area (Å²) in [5, 5.41) is 3.73. The Bertz CT molecular complexity index is 1280. The van der Waals surface area contributed by atoms with E-state index in [0.717, 1.165) is 4.68 Å². The fourth-order valence-corrected chi connectivity index (χ4v) is 4.11. The first kappa shape index (κ1) is 22.2. The predicted molar refractivity (Wildman–Crippen MR) is 108 cm³/mol. The highest BCUT2D eigenvalue weighted by molar-refractivity contribution is 5.97. The first-order valence-electron chi connectivity index (χ1n) is 10.4. The first-order chi connectivity index (χ1) is 16.0. The van der Waals surface area contributed by atoms with Gasteiger partial charge in [0.2, 0.25) is 0 Å². The van der Waals surface area contributed by atoms with Crippen LogP contribution in [0.1, 0.15) is 53.2 Å². The number of nitrogens with zero attached hydrogens (tertiary/aromatic N) is 2. The number of carbonyl (C=O) groups is 1. The molecule has 2 aliphatic rings. The summed E-state index contributed by atoms with van der Waals surface area (Å²) in [7, 11) is 0. The van der Waals surface area contributed by atoms with Crippen LogP contribution in [0.25, 0.3) is 5.69 Å². The molecule has 178 valence electrons. The Morgan fingerprint density at radius 3 is 2.62 bits per heavy atom. The molecule has 0 saturated carbocycles. The van der Waals surface area contributed by atoms with Gasteiger partial charge in [-0.3, -0.25) is 4.79 Å². The molecule has 0 bridgehead atoms. The van der Waals surface area contributed by atoms with Crippen molar-refractivity contribution >= 4 is 5.78 Å². The van der Waals surface area contributed by atoms with E-state index in [1.807, 2.05) is 0 Å². The number of ketones is 1. The summed E-state index contributed by atoms with van der Waals surface area (Å²) in [4.78, 5) is 12.5. The van der Waals surface area contributed by atoms with Crippen LogP contribution in [-0.4, -0.2) is 21.9 Å². The van der Waals surface area contributed by atoms with Crippen LogP contribution in [0.4, 0.5) is 22.0 Å². The molecule has 2 heterocycles. The number of rotatable bonds is 4. The zero-order chi connectivity index (χ0) is 24.3. The number of Topliss-reactive ketones (excluding diaryl/α,β-unsaturated/α-hetero) is 1. The van der Waals surface area contributed by atoms with Crippen molar-refractivity contribution < 1.29 is 41.0 Å². The zero-order valence-corrected chi connectivity index (χ0v) is 17.7. The maximum Gasteiger partial charge on any atom is 0.586 e. The van der Waals surface area contributed by atoms with E-state index < -0.39 is 30.1 Å². The third kappa shape index (κ3) is 3.95. The van der Waals surface area contributed by atoms with Crippen LogP contribution in [0.5, 0.6) is 17.2 Å². The second-order valence-electron chi connectivity index (χ2n) is 7.99. The van der Waals surface area contributed by atoms with E-state index >= 15 is 0 Å². The SMILES string of the molecule is C[C@H](Oc1cccc(-n2nc(C(F)(F)F)c3c2C(=O)CCC3)c1)c1ccc2c(c1)OC(F)(F)O2. The Labute approximate surface area is 189 Å². The molecule has 0 unspecified atom stereocenters. The maximum absolute atomic E-state index is 13.5. The fourth-order valence-electron chi connectivity index (χ4n) is 4.11. The highest BCUT2D eigenvalue weighted by Gasteiger charge is 2.44. The van der Waals surface area contributed by atoms with E-state index in [1.54, 1.807) is 19.1 Å². The minimum Gasteiger partial charge on any atom is -0.486 e. The molecule has 0 fully saturated rings. The van der Waals surface area contributed by atoms with E-state index in [0.29, 0.717) is 12.0 Å². The van der Waals surface area contributed by atoms with Crippen molar-refractivity contribution in [2.75, 3.05) is 0 Å². The Balaban J connectivity index is 1.44. The number of benzene rings is 2. The van der Waals surface area contributed by atoms with Gasteiger partial charge in [0.1, 0.15) is 17.5 Å². The average Bonchev–Trinajstić information content (AvgIpc) is 3.30. The van der Waals surface area contributed by atoms with Crippen LogP contribution >= 0.6 is 0 Å². The molecule has 1 atom stereocenters. The van der Waals surface area contributed by atoms with Gasteiger partial charge < -0.3 is 14.2 Å². The molecule has 11 heteroatoms. The number of hydrogen-bond donors (Lipinski definition) is 0. The van der Waals surface area contributed by atoms with Gasteiger partial charge in [-0.2, -0.15) is 18.3 Å². The van der Waals surface area contributed by atoms with Gasteiger partial charge in [0, 0.05) is 18.1 Å². The molecule has 34 heavy (non-hydrogen) atoms. The normalized spacial score (nSPS) is 17.4. The Morgan fingerprint density at radius 2 is 1.85 bits per heavy atom. The molecule has 1 aromatic heterocycles. The maximum atomic E-state index is 13.5. The summed E-state index contributed by atoms with van der Waals surface area (Å²) >= 11 is 0. The van der Waals surface area contributed by atoms with E-state index in [9.17, 15) is 26.7 Å². The van der Waals surface area contributed by atoms with Gasteiger partial charge in [-0.1, -0.05) is 12.1 Å². The summed E-state index contributed by atoms with van der Waals surface area (Å²) in [5.41, 5.74) is -0.484. The van der Waals surface area contributed by atoms with E-state index in [1.165, 1.54) is 30.3 Å². The molecular weight excluding hydrogens is 463 g/mol. The molecule has 1 aliphatic carbocycles. The van der Waals surface area contributed by atoms with Gasteiger partial charge in [-0.05, 0) is 49.6 Å². The van der Waals surface area contributed by atoms with E-state index in [2.05, 4.69) is 14.6 Å². The molecule has 0 spiro atoms. The summed E-state index contributed by atoms with van der Waals surface area (Å²) in [6.45, 7) is 1.67. The minimum atomic E-state index is -4.69. The van der Waals surface area contributed by atoms with Crippen LogP contribution < -0.4 is 14.2 Å². The standard InChI is InChI=1S/C23H17F5N2O4/c1-12(13-8-9-18-19(10-13)34-23(27,28)33-18)32-15-5-2-4-14(11-15)30-20-16(6-3-7-17(20)31)21(29-30)22(24,25)26/h2,4-5,8-12H,3,6-7H2,1H3/t12-/m0/s1. The van der Waals surface area contributed by atoms with Crippen LogP contribution in [0.3, 0.4) is 0 Å². The molecule has 5 rings (SSSR count). The summed E-state index contributed by atoms with van der Waals surface area (Å²) in [6, 6.07) is 10.4. The molecule has 0 N–H and O–H groups in total. The lowest BCUT2D eigenvalue weighted by Crippen LogP contribution is -2.25. The number of hydrogen-bond acceptors (Lipinski definition) is 5. The van der Waals surface area contributed by atoms with Crippen molar-refractivity contribution in [3.05, 3.63) is 65.0 Å². The number of halogens is 5. The smallest absolute Gasteiger partial charge is 0.486 e. The van der Waals surface area contributed by atoms with Gasteiger partial charge >= 0.3 is 12.5 Å². The largest absolute Gasteiger partial charge is 0.586 e. The quantitative estimate of drug-likeness (QED) is 0.437. The van der Waals surface area contributed by atoms with Gasteiger partial charge in [-0.15, -0.1) is 8.78 Å². The number of ether oxygens (including phenoxy) is 3. The van der Waals surface area contributed by atoms with Gasteiger partial charge in [0.05, 0.1) is 5.69 Å². The molecule has 0 amide bonds. The lowest BCUT2D eigenvalue weighted by atomic mass is 9.94. The van der Waals surface area contributed by atoms with Crippen molar-refractivity contribution in [1.82, 2.24) is 9.78 Å². The second kappa shape index (κ2) is 7.71. The molecule has 3 aromatic rings. The average molecular weight is 480 g/mol. The second-order valence-corrected chi connectivity index (χ2v) is 7.99. The fraction of sp³-hybridized carbons (Fsp3) is 0.304. The van der Waals surface area contributed by atoms with E-state index in [-0.39, 0.29) is 47.0 Å². The monoisotopic (exact) mass is 480 g/mol. The summed E-state index contributed by atoms with van der Waals surface area (Å²) in [6.07, 6.45) is -8.46. The van der Waals surface area contributed by atoms with Crippen molar-refractivity contribution in [1.29, 1.82) is 0 Å². The predicted octanol–water partition coefficient (Wildman–Crippen LogP) is 5.87. The molecule has 6 nitrogen and oxygen atoms in total. The Kier molecular flexibility index (Phi) is 5.03. The third-order valence-electron chi connectivity index (χ3n) is 5.62. The summed E-state index contributed by atoms with van der Waals surface area (Å²) in [5.74, 6) is -0.347. The van der Waals surface area contributed by atoms with Gasteiger partial charge in [-0.25, -0.2) is 4.68 Å². The van der Waals surface area contributed by atoms with Crippen LogP contribution in [-0.2, 0) is 12.6 Å². The van der Waals surface area contributed by atoms with Crippen molar-refractivity contribution in [2.24, 2.45) is 0 Å². The van der Waals surface area contributed by atoms with Gasteiger partial charge in [0.25, 0.3) is 0 Å². The Morgan fingerprint density at radius 1 is 1.09 bits per heavy atom. The number of aromatic nitrogens is 2. The highest BCUT2D eigenvalue weighted by atomic mass is 19.4. The highest BCUT2D eigenvalue weighted by Crippen LogP contribution is 2.42. The molecule has 0 saturated heterocycles. The lowest BCUT2D eigenvalue weighted by molar-refractivity contribution is -0.286. The number of fused-ring (bicyclic) bond motifs is 2. The molecule has 0 radical (unpaired) electrons. The molecule has 2 aromatic carbocycles. The minimum absolute atomic E-state index is 0.0690. The lowest BCUT2D eigenvalue weighted by Gasteiger charge is -2.17. The van der Waals surface area contributed by atoms with Crippen molar-refractivity contribution in [3.63, 3.8) is 0 Å². The zero-order valence-electron chi connectivity index (χ0n) is 17.7. The number of carbonyl (C=O) groups excluding carboxylic acids is 1. The molecular formula is C23H17F5N2O4.